The number of hydrogen-bond acceptors (Lipinski definition) is 5. The Labute approximate surface area is 480 Å². The number of likely N-dealkylation sites (N-methyl/N-ethyl adjacent to an activating group) is 1. The molecule has 0 aliphatic carbocycles. The summed E-state index contributed by atoms with van der Waals surface area (Å²) >= 11 is 0. The lowest BCUT2D eigenvalue weighted by Crippen LogP contribution is -2.45. The standard InChI is InChI=1S/C69H115N2O6P/c1-6-8-10-12-14-16-18-20-22-24-25-26-27-28-29-30-31-32-33-34-35-36-37-38-39-40-41-42-43-44-45-47-49-51-53-55-57-59-61-63-69(73)70-67(66-77-78(74,75)76-65-64-71(3,4)5)68(72)62-60-58-56-54-52-50-48-46-23-21-19-17-15-13-11-9-7-2/h8,10,14,16,20,22,25-26,28-29,31-32,34-35,37-38,40-41,43-44,47,49,52,54,60,62,67-68,72H,6-7,9,11-13,15,17-19,21,23-24,27,30,33,36,39,42,45-46,48,50-51,53,55-59,61,63-66H2,1-5H3,(H-,70,73,74,75)/p+1/b10-8-,16-14-,22-20-,26-25-,29-28-,32-31-,35-34-,38-37-,41-40-,44-43-,49-47-,54-52+,62-60+. The molecular formula is C69H116N2O6P+. The lowest BCUT2D eigenvalue weighted by Gasteiger charge is -2.25. The predicted octanol–water partition coefficient (Wildman–Crippen LogP) is 19.4. The molecule has 1 amide bonds. The molecule has 0 saturated carbocycles. The number of aliphatic hydroxyl groups is 1. The fraction of sp³-hybridized carbons (Fsp3) is 0.609. The molecule has 78 heavy (non-hydrogen) atoms. The monoisotopic (exact) mass is 1100 g/mol. The van der Waals surface area contributed by atoms with E-state index in [1.165, 1.54) is 70.6 Å². The molecule has 0 saturated heterocycles. The molecule has 0 radical (unpaired) electrons. The van der Waals surface area contributed by atoms with Crippen LogP contribution in [0, 0.1) is 0 Å². The molecule has 0 rings (SSSR count). The molecule has 0 aliphatic rings. The summed E-state index contributed by atoms with van der Waals surface area (Å²) in [5, 5.41) is 13.9. The van der Waals surface area contributed by atoms with Crippen LogP contribution in [0.4, 0.5) is 0 Å². The van der Waals surface area contributed by atoms with Crippen LogP contribution < -0.4 is 5.32 Å². The fourth-order valence-electron chi connectivity index (χ4n) is 7.94. The first-order chi connectivity index (χ1) is 38.0. The van der Waals surface area contributed by atoms with E-state index in [-0.39, 0.29) is 19.1 Å². The summed E-state index contributed by atoms with van der Waals surface area (Å²) in [5.41, 5.74) is 0. The second-order valence-corrected chi connectivity index (χ2v) is 22.8. The zero-order valence-corrected chi connectivity index (χ0v) is 51.2. The largest absolute Gasteiger partial charge is 0.472 e. The van der Waals surface area contributed by atoms with Gasteiger partial charge in [0.25, 0.3) is 0 Å². The summed E-state index contributed by atoms with van der Waals surface area (Å²) in [5.74, 6) is -0.212. The molecule has 0 aromatic heterocycles. The Balaban J connectivity index is 4.25. The normalized spacial score (nSPS) is 14.9. The third kappa shape index (κ3) is 59.8. The van der Waals surface area contributed by atoms with Crippen molar-refractivity contribution in [2.24, 2.45) is 0 Å². The van der Waals surface area contributed by atoms with Crippen LogP contribution in [0.3, 0.4) is 0 Å². The molecule has 0 spiro atoms. The molecule has 0 bridgehead atoms. The summed E-state index contributed by atoms with van der Waals surface area (Å²) in [6.45, 7) is 4.65. The van der Waals surface area contributed by atoms with Crippen molar-refractivity contribution in [3.05, 3.63) is 158 Å². The van der Waals surface area contributed by atoms with E-state index in [0.717, 1.165) is 128 Å². The molecule has 0 aromatic carbocycles. The van der Waals surface area contributed by atoms with Gasteiger partial charge in [0.15, 0.2) is 0 Å². The van der Waals surface area contributed by atoms with Crippen molar-refractivity contribution in [3.63, 3.8) is 0 Å². The first kappa shape index (κ1) is 74.1. The van der Waals surface area contributed by atoms with E-state index in [1.54, 1.807) is 6.08 Å². The highest BCUT2D eigenvalue weighted by Crippen LogP contribution is 2.43. The molecule has 3 atom stereocenters. The third-order valence-corrected chi connectivity index (χ3v) is 13.7. The van der Waals surface area contributed by atoms with Crippen molar-refractivity contribution >= 4 is 13.7 Å². The number of rotatable bonds is 54. The summed E-state index contributed by atoms with van der Waals surface area (Å²) in [6.07, 6.45) is 90.7. The van der Waals surface area contributed by atoms with E-state index in [1.807, 2.05) is 27.2 Å². The van der Waals surface area contributed by atoms with Gasteiger partial charge in [-0.2, -0.15) is 0 Å². The average Bonchev–Trinajstić information content (AvgIpc) is 3.40. The lowest BCUT2D eigenvalue weighted by molar-refractivity contribution is -0.870. The van der Waals surface area contributed by atoms with Crippen molar-refractivity contribution in [2.45, 2.75) is 231 Å². The van der Waals surface area contributed by atoms with Gasteiger partial charge in [-0.3, -0.25) is 13.8 Å². The Morgan fingerprint density at radius 1 is 0.449 bits per heavy atom. The highest BCUT2D eigenvalue weighted by molar-refractivity contribution is 7.47. The minimum Gasteiger partial charge on any atom is -0.387 e. The minimum atomic E-state index is -4.37. The van der Waals surface area contributed by atoms with Crippen LogP contribution in [-0.4, -0.2) is 73.4 Å². The molecule has 9 heteroatoms. The molecule has 0 heterocycles. The van der Waals surface area contributed by atoms with Gasteiger partial charge < -0.3 is 19.8 Å². The van der Waals surface area contributed by atoms with Crippen LogP contribution in [0.25, 0.3) is 0 Å². The summed E-state index contributed by atoms with van der Waals surface area (Å²) in [7, 11) is 1.52. The second kappa shape index (κ2) is 57.8. The number of phosphoric ester groups is 1. The van der Waals surface area contributed by atoms with E-state index in [4.69, 9.17) is 9.05 Å². The number of carbonyl (C=O) groups excluding carboxylic acids is 1. The Morgan fingerprint density at radius 2 is 0.782 bits per heavy atom. The summed E-state index contributed by atoms with van der Waals surface area (Å²) < 4.78 is 23.7. The first-order valence-corrected chi connectivity index (χ1v) is 32.4. The number of aliphatic hydroxyl groups excluding tert-OH is 1. The molecule has 8 nitrogen and oxygen atoms in total. The van der Waals surface area contributed by atoms with Gasteiger partial charge in [-0.15, -0.1) is 0 Å². The van der Waals surface area contributed by atoms with Crippen molar-refractivity contribution in [1.29, 1.82) is 0 Å². The van der Waals surface area contributed by atoms with E-state index >= 15 is 0 Å². The van der Waals surface area contributed by atoms with Gasteiger partial charge >= 0.3 is 7.82 Å². The van der Waals surface area contributed by atoms with E-state index < -0.39 is 20.0 Å². The maximum atomic E-state index is 13.0. The summed E-state index contributed by atoms with van der Waals surface area (Å²) in [4.78, 5) is 23.3. The van der Waals surface area contributed by atoms with Crippen LogP contribution in [-0.2, 0) is 18.4 Å². The SMILES string of the molecule is CC/C=C\C/C=C\C/C=C\C/C=C\C/C=C\C/C=C\C/C=C\C/C=C\C/C=C\C/C=C\C/C=C\CCCCCCCC(=O)NC(COP(=O)(O)OCC[N+](C)(C)C)C(O)/C=C/CC/C=C/CCCCCCCCCCCCC. The topological polar surface area (TPSA) is 105 Å². The van der Waals surface area contributed by atoms with Gasteiger partial charge in [0, 0.05) is 6.42 Å². The number of unbranched alkanes of at least 4 members (excludes halogenated alkanes) is 17. The van der Waals surface area contributed by atoms with Gasteiger partial charge in [-0.1, -0.05) is 255 Å². The second-order valence-electron chi connectivity index (χ2n) is 21.3. The van der Waals surface area contributed by atoms with Crippen molar-refractivity contribution in [2.75, 3.05) is 40.9 Å². The molecule has 0 aliphatic heterocycles. The summed E-state index contributed by atoms with van der Waals surface area (Å²) in [6, 6.07) is -0.886. The van der Waals surface area contributed by atoms with Crippen molar-refractivity contribution < 1.29 is 32.9 Å². The molecule has 0 aromatic rings. The van der Waals surface area contributed by atoms with Gasteiger partial charge in [-0.05, 0) is 116 Å². The first-order valence-electron chi connectivity index (χ1n) is 30.9. The zero-order valence-electron chi connectivity index (χ0n) is 50.3. The number of phosphoric acid groups is 1. The van der Waals surface area contributed by atoms with E-state index in [9.17, 15) is 19.4 Å². The minimum absolute atomic E-state index is 0.0436. The quantitative estimate of drug-likeness (QED) is 0.0243. The fourth-order valence-corrected chi connectivity index (χ4v) is 8.68. The molecule has 3 unspecified atom stereocenters. The number of carbonyl (C=O) groups is 1. The molecule has 0 fully saturated rings. The Bertz CT molecular complexity index is 1820. The molecule has 442 valence electrons. The maximum Gasteiger partial charge on any atom is 0.472 e. The van der Waals surface area contributed by atoms with Crippen LogP contribution in [0.2, 0.25) is 0 Å². The highest BCUT2D eigenvalue weighted by atomic mass is 31.2. The van der Waals surface area contributed by atoms with Crippen LogP contribution in [0.1, 0.15) is 219 Å². The Morgan fingerprint density at radius 3 is 1.18 bits per heavy atom. The van der Waals surface area contributed by atoms with Crippen LogP contribution in [0.5, 0.6) is 0 Å². The molecular weight excluding hydrogens is 984 g/mol. The Kier molecular flexibility index (Phi) is 54.9. The van der Waals surface area contributed by atoms with Gasteiger partial charge in [0.2, 0.25) is 5.91 Å². The highest BCUT2D eigenvalue weighted by Gasteiger charge is 2.27. The number of nitrogens with one attached hydrogen (secondary N) is 1. The molecule has 3 N–H and O–H groups in total. The van der Waals surface area contributed by atoms with E-state index in [0.29, 0.717) is 17.4 Å². The smallest absolute Gasteiger partial charge is 0.387 e. The van der Waals surface area contributed by atoms with E-state index in [2.05, 4.69) is 165 Å². The predicted molar refractivity (Wildman–Crippen MR) is 340 cm³/mol. The van der Waals surface area contributed by atoms with Crippen molar-refractivity contribution in [3.8, 4) is 0 Å². The van der Waals surface area contributed by atoms with Crippen LogP contribution >= 0.6 is 7.82 Å². The number of nitrogens with zero attached hydrogens (tertiary/aromatic N) is 1. The van der Waals surface area contributed by atoms with Crippen molar-refractivity contribution in [1.82, 2.24) is 5.32 Å². The number of allylic oxidation sites excluding steroid dienone is 25. The average molecular weight is 1100 g/mol. The van der Waals surface area contributed by atoms with Gasteiger partial charge in [0.1, 0.15) is 13.2 Å². The zero-order chi connectivity index (χ0) is 57.0. The van der Waals surface area contributed by atoms with Gasteiger partial charge in [0.05, 0.1) is 39.9 Å². The number of hydrogen-bond donors (Lipinski definition) is 3. The van der Waals surface area contributed by atoms with Gasteiger partial charge in [-0.25, -0.2) is 4.57 Å². The number of amides is 1. The van der Waals surface area contributed by atoms with Crippen LogP contribution in [0.15, 0.2) is 158 Å². The third-order valence-electron chi connectivity index (χ3n) is 12.7. The lowest BCUT2D eigenvalue weighted by atomic mass is 10.1. The Hall–Kier alpha value is -3.88. The maximum absolute atomic E-state index is 13.0. The number of quaternary nitrogens is 1.